The first-order valence-corrected chi connectivity index (χ1v) is 8.82. The van der Waals surface area contributed by atoms with Crippen molar-refractivity contribution < 1.29 is 33.0 Å². The average Bonchev–Trinajstić information content (AvgIpc) is 3.40. The molecule has 7 nitrogen and oxygen atoms in total. The van der Waals surface area contributed by atoms with E-state index in [-0.39, 0.29) is 6.10 Å². The first kappa shape index (κ1) is 19.3. The van der Waals surface area contributed by atoms with Crippen LogP contribution in [0.5, 0.6) is 0 Å². The van der Waals surface area contributed by atoms with E-state index in [9.17, 15) is 23.6 Å². The molecule has 0 bridgehead atoms. The van der Waals surface area contributed by atoms with Crippen LogP contribution in [-0.4, -0.2) is 40.5 Å². The zero-order valence-corrected chi connectivity index (χ0v) is 15.7. The molecule has 1 heterocycles. The van der Waals surface area contributed by atoms with E-state index < -0.39 is 52.6 Å². The van der Waals surface area contributed by atoms with Gasteiger partial charge >= 0.3 is 11.9 Å². The number of carbonyl (C=O) groups excluding carboxylic acids is 4. The van der Waals surface area contributed by atoms with Gasteiger partial charge in [-0.2, -0.15) is 4.39 Å². The molecule has 2 amide bonds. The second kappa shape index (κ2) is 6.28. The zero-order valence-electron chi connectivity index (χ0n) is 15.7. The summed E-state index contributed by atoms with van der Waals surface area (Å²) in [5, 5.41) is 0. The van der Waals surface area contributed by atoms with Crippen LogP contribution in [0.3, 0.4) is 0 Å². The minimum Gasteiger partial charge on any atom is -0.457 e. The van der Waals surface area contributed by atoms with Gasteiger partial charge in [0.25, 0.3) is 11.8 Å². The van der Waals surface area contributed by atoms with Crippen molar-refractivity contribution in [2.24, 2.45) is 17.3 Å². The quantitative estimate of drug-likeness (QED) is 0.398. The fourth-order valence-corrected chi connectivity index (χ4v) is 3.34. The van der Waals surface area contributed by atoms with E-state index in [4.69, 9.17) is 9.47 Å². The molecule has 0 aromatic heterocycles. The van der Waals surface area contributed by atoms with Crippen LogP contribution < -0.4 is 0 Å². The zero-order chi connectivity index (χ0) is 20.1. The molecular formula is C19H22FNO6. The molecule has 146 valence electrons. The number of imide groups is 1. The second-order valence-corrected chi connectivity index (χ2v) is 8.16. The maximum Gasteiger partial charge on any atom is 0.367 e. The van der Waals surface area contributed by atoms with Crippen molar-refractivity contribution >= 4 is 23.8 Å². The molecule has 2 saturated carbocycles. The Labute approximate surface area is 156 Å². The Bertz CT molecular complexity index is 759. The molecule has 0 unspecified atom stereocenters. The summed E-state index contributed by atoms with van der Waals surface area (Å²) in [4.78, 5) is 48.7. The summed E-state index contributed by atoms with van der Waals surface area (Å²) in [5.74, 6) is -5.10. The number of ether oxygens (including phenoxy) is 2. The van der Waals surface area contributed by atoms with Gasteiger partial charge in [-0.3, -0.25) is 14.4 Å². The van der Waals surface area contributed by atoms with Gasteiger partial charge in [0.15, 0.2) is 5.72 Å². The molecule has 27 heavy (non-hydrogen) atoms. The van der Waals surface area contributed by atoms with E-state index in [1.165, 1.54) is 13.8 Å². The SMILES string of the molecule is CC1(C)[C@H](C(=O)OC(C)(C)N2C(=O)C=CC2=O)[C@@H]1/C=C(/F)C(=O)OC1CC1. The molecule has 0 N–H and O–H groups in total. The molecule has 8 heteroatoms. The first-order valence-electron chi connectivity index (χ1n) is 8.82. The van der Waals surface area contributed by atoms with Gasteiger partial charge < -0.3 is 9.47 Å². The van der Waals surface area contributed by atoms with E-state index in [2.05, 4.69) is 0 Å². The highest BCUT2D eigenvalue weighted by molar-refractivity contribution is 6.13. The summed E-state index contributed by atoms with van der Waals surface area (Å²) < 4.78 is 24.4. The van der Waals surface area contributed by atoms with E-state index >= 15 is 0 Å². The molecule has 0 aromatic rings. The molecule has 0 aromatic carbocycles. The predicted molar refractivity (Wildman–Crippen MR) is 90.2 cm³/mol. The highest BCUT2D eigenvalue weighted by atomic mass is 19.1. The van der Waals surface area contributed by atoms with Crippen LogP contribution in [0.25, 0.3) is 0 Å². The smallest absolute Gasteiger partial charge is 0.367 e. The molecule has 3 rings (SSSR count). The van der Waals surface area contributed by atoms with Crippen molar-refractivity contribution in [3.8, 4) is 0 Å². The Kier molecular flexibility index (Phi) is 4.48. The summed E-state index contributed by atoms with van der Waals surface area (Å²) in [7, 11) is 0. The summed E-state index contributed by atoms with van der Waals surface area (Å²) in [6.45, 7) is 6.36. The Morgan fingerprint density at radius 2 is 1.78 bits per heavy atom. The van der Waals surface area contributed by atoms with Crippen LogP contribution in [-0.2, 0) is 28.7 Å². The maximum atomic E-state index is 14.1. The van der Waals surface area contributed by atoms with Gasteiger partial charge in [0.05, 0.1) is 5.92 Å². The monoisotopic (exact) mass is 379 g/mol. The third kappa shape index (κ3) is 3.65. The summed E-state index contributed by atoms with van der Waals surface area (Å²) in [6, 6.07) is 0. The normalized spacial score (nSPS) is 27.0. The lowest BCUT2D eigenvalue weighted by Crippen LogP contribution is -2.50. The summed E-state index contributed by atoms with van der Waals surface area (Å²) >= 11 is 0. The van der Waals surface area contributed by atoms with Gasteiger partial charge in [-0.05, 0) is 44.1 Å². The molecule has 2 aliphatic carbocycles. The standard InChI is InChI=1S/C19H22FNO6/c1-18(2)11(9-12(20)16(24)26-10-5-6-10)15(18)17(25)27-19(3,4)21-13(22)7-8-14(21)23/h7-11,15H,5-6H2,1-4H3/b12-9+/t11-,15-/m0/s1. The summed E-state index contributed by atoms with van der Waals surface area (Å²) in [6.07, 6.45) is 4.56. The third-order valence-corrected chi connectivity index (χ3v) is 5.18. The van der Waals surface area contributed by atoms with Gasteiger partial charge in [-0.25, -0.2) is 9.69 Å². The Morgan fingerprint density at radius 3 is 2.30 bits per heavy atom. The number of halogens is 1. The lowest BCUT2D eigenvalue weighted by molar-refractivity contribution is -0.183. The Balaban J connectivity index is 1.66. The van der Waals surface area contributed by atoms with Gasteiger partial charge in [0.1, 0.15) is 6.10 Å². The first-order chi connectivity index (χ1) is 12.4. The number of nitrogens with zero attached hydrogens (tertiary/aromatic N) is 1. The minimum atomic E-state index is -1.48. The molecule has 0 radical (unpaired) electrons. The lowest BCUT2D eigenvalue weighted by atomic mass is 10.1. The number of allylic oxidation sites excluding steroid dienone is 1. The van der Waals surface area contributed by atoms with Gasteiger partial charge in [-0.15, -0.1) is 0 Å². The number of esters is 2. The number of amides is 2. The lowest BCUT2D eigenvalue weighted by Gasteiger charge is -2.33. The van der Waals surface area contributed by atoms with Crippen molar-refractivity contribution in [3.05, 3.63) is 24.1 Å². The molecule has 0 spiro atoms. The topological polar surface area (TPSA) is 90.0 Å². The van der Waals surface area contributed by atoms with Gasteiger partial charge in [-0.1, -0.05) is 13.8 Å². The van der Waals surface area contributed by atoms with Crippen LogP contribution in [0.15, 0.2) is 24.1 Å². The number of hydrogen-bond acceptors (Lipinski definition) is 6. The fraction of sp³-hybridized carbons (Fsp3) is 0.579. The van der Waals surface area contributed by atoms with E-state index in [0.29, 0.717) is 0 Å². The van der Waals surface area contributed by atoms with Crippen LogP contribution in [0.4, 0.5) is 4.39 Å². The van der Waals surface area contributed by atoms with E-state index in [0.717, 1.165) is 36.0 Å². The second-order valence-electron chi connectivity index (χ2n) is 8.16. The van der Waals surface area contributed by atoms with Crippen molar-refractivity contribution in [1.82, 2.24) is 4.90 Å². The highest BCUT2D eigenvalue weighted by Gasteiger charge is 2.63. The molecule has 3 aliphatic rings. The molecule has 2 atom stereocenters. The van der Waals surface area contributed by atoms with Crippen LogP contribution in [0.2, 0.25) is 0 Å². The Morgan fingerprint density at radius 1 is 1.22 bits per heavy atom. The highest BCUT2D eigenvalue weighted by Crippen LogP contribution is 2.60. The Hall–Kier alpha value is -2.51. The van der Waals surface area contributed by atoms with E-state index in [1.54, 1.807) is 13.8 Å². The number of rotatable bonds is 6. The third-order valence-electron chi connectivity index (χ3n) is 5.18. The van der Waals surface area contributed by atoms with Gasteiger partial charge in [0.2, 0.25) is 5.83 Å². The summed E-state index contributed by atoms with van der Waals surface area (Å²) in [5.41, 5.74) is -2.10. The molecule has 0 saturated heterocycles. The van der Waals surface area contributed by atoms with E-state index in [1.807, 2.05) is 0 Å². The molecule has 1 aliphatic heterocycles. The number of carbonyl (C=O) groups is 4. The van der Waals surface area contributed by atoms with Crippen LogP contribution in [0.1, 0.15) is 40.5 Å². The maximum absolute atomic E-state index is 14.1. The van der Waals surface area contributed by atoms with Crippen molar-refractivity contribution in [3.63, 3.8) is 0 Å². The van der Waals surface area contributed by atoms with Crippen molar-refractivity contribution in [2.45, 2.75) is 52.4 Å². The largest absolute Gasteiger partial charge is 0.457 e. The molecular weight excluding hydrogens is 357 g/mol. The minimum absolute atomic E-state index is 0.213. The number of hydrogen-bond donors (Lipinski definition) is 0. The van der Waals surface area contributed by atoms with Crippen LogP contribution in [0, 0.1) is 17.3 Å². The van der Waals surface area contributed by atoms with Gasteiger partial charge in [0, 0.05) is 12.2 Å². The fourth-order valence-electron chi connectivity index (χ4n) is 3.34. The average molecular weight is 379 g/mol. The predicted octanol–water partition coefficient (Wildman–Crippen LogP) is 2.02. The van der Waals surface area contributed by atoms with Crippen molar-refractivity contribution in [2.75, 3.05) is 0 Å². The molecule has 2 fully saturated rings. The van der Waals surface area contributed by atoms with Crippen LogP contribution >= 0.6 is 0 Å². The van der Waals surface area contributed by atoms with Crippen molar-refractivity contribution in [1.29, 1.82) is 0 Å².